The zero-order chi connectivity index (χ0) is 18.7. The molecule has 2 aromatic rings. The minimum Gasteiger partial charge on any atom is -0.479 e. The molecule has 0 bridgehead atoms. The van der Waals surface area contributed by atoms with E-state index in [2.05, 4.69) is 19.2 Å². The molecule has 3 rings (SSSR count). The van der Waals surface area contributed by atoms with Crippen LogP contribution in [0.25, 0.3) is 0 Å². The van der Waals surface area contributed by atoms with Crippen LogP contribution in [0.15, 0.2) is 48.5 Å². The second kappa shape index (κ2) is 7.60. The molecule has 0 aromatic heterocycles. The Morgan fingerprint density at radius 1 is 1.19 bits per heavy atom. The highest BCUT2D eigenvalue weighted by Crippen LogP contribution is 2.36. The van der Waals surface area contributed by atoms with Gasteiger partial charge in [-0.15, -0.1) is 0 Å². The maximum atomic E-state index is 12.4. The molecule has 0 spiro atoms. The summed E-state index contributed by atoms with van der Waals surface area (Å²) in [6.45, 7) is 6.54. The fraction of sp³-hybridized carbons (Fsp3) is 0.333. The van der Waals surface area contributed by atoms with Crippen LogP contribution >= 0.6 is 0 Å². The van der Waals surface area contributed by atoms with Crippen molar-refractivity contribution in [1.29, 1.82) is 0 Å². The molecule has 1 heterocycles. The topological polar surface area (TPSA) is 58.6 Å². The summed E-state index contributed by atoms with van der Waals surface area (Å²) >= 11 is 0. The van der Waals surface area contributed by atoms with Crippen molar-refractivity contribution in [2.75, 3.05) is 16.8 Å². The highest BCUT2D eigenvalue weighted by molar-refractivity contribution is 6.00. The standard InChI is InChI=1S/C21H24N2O3/c1-14(2)13-23-18-10-9-17(12-19(18)26-15(3)21(23)25)22-20(24)11-16-7-5-4-6-8-16/h4-10,12,14-15H,11,13H2,1-3H3,(H,22,24). The zero-order valence-corrected chi connectivity index (χ0v) is 15.4. The number of rotatable bonds is 5. The van der Waals surface area contributed by atoms with Crippen molar-refractivity contribution >= 4 is 23.2 Å². The average molecular weight is 352 g/mol. The quantitative estimate of drug-likeness (QED) is 0.894. The largest absolute Gasteiger partial charge is 0.479 e. The van der Waals surface area contributed by atoms with Crippen LogP contribution in [-0.2, 0) is 16.0 Å². The number of carbonyl (C=O) groups excluding carboxylic acids is 2. The lowest BCUT2D eigenvalue weighted by molar-refractivity contribution is -0.125. The lowest BCUT2D eigenvalue weighted by Gasteiger charge is -2.34. The number of anilines is 2. The predicted molar refractivity (Wildman–Crippen MR) is 102 cm³/mol. The highest BCUT2D eigenvalue weighted by Gasteiger charge is 2.31. The Kier molecular flexibility index (Phi) is 5.26. The van der Waals surface area contributed by atoms with Crippen LogP contribution in [0.5, 0.6) is 5.75 Å². The predicted octanol–water partition coefficient (Wildman–Crippen LogP) is 3.64. The normalized spacial score (nSPS) is 16.2. The van der Waals surface area contributed by atoms with Crippen LogP contribution in [0.2, 0.25) is 0 Å². The molecule has 1 unspecified atom stereocenters. The van der Waals surface area contributed by atoms with Gasteiger partial charge in [-0.25, -0.2) is 0 Å². The van der Waals surface area contributed by atoms with E-state index in [4.69, 9.17) is 4.74 Å². The maximum absolute atomic E-state index is 12.4. The molecule has 5 nitrogen and oxygen atoms in total. The van der Waals surface area contributed by atoms with E-state index >= 15 is 0 Å². The monoisotopic (exact) mass is 352 g/mol. The molecule has 1 atom stereocenters. The minimum absolute atomic E-state index is 0.0351. The van der Waals surface area contributed by atoms with Crippen LogP contribution in [0.1, 0.15) is 26.3 Å². The average Bonchev–Trinajstić information content (AvgIpc) is 2.59. The van der Waals surface area contributed by atoms with Gasteiger partial charge in [-0.1, -0.05) is 44.2 Å². The first kappa shape index (κ1) is 18.0. The molecule has 0 saturated carbocycles. The molecule has 26 heavy (non-hydrogen) atoms. The minimum atomic E-state index is -0.531. The van der Waals surface area contributed by atoms with E-state index in [0.717, 1.165) is 11.3 Å². The fourth-order valence-corrected chi connectivity index (χ4v) is 3.03. The van der Waals surface area contributed by atoms with Crippen LogP contribution in [0.3, 0.4) is 0 Å². The number of fused-ring (bicyclic) bond motifs is 1. The maximum Gasteiger partial charge on any atom is 0.267 e. The van der Waals surface area contributed by atoms with Crippen molar-refractivity contribution in [3.05, 3.63) is 54.1 Å². The number of hydrogen-bond acceptors (Lipinski definition) is 3. The zero-order valence-electron chi connectivity index (χ0n) is 15.4. The Morgan fingerprint density at radius 3 is 2.62 bits per heavy atom. The number of hydrogen-bond donors (Lipinski definition) is 1. The second-order valence-electron chi connectivity index (χ2n) is 7.00. The molecule has 0 radical (unpaired) electrons. The lowest BCUT2D eigenvalue weighted by atomic mass is 10.1. The number of nitrogens with one attached hydrogen (secondary N) is 1. The van der Waals surface area contributed by atoms with E-state index in [0.29, 0.717) is 30.3 Å². The molecule has 0 saturated heterocycles. The van der Waals surface area contributed by atoms with Crippen LogP contribution in [0.4, 0.5) is 11.4 Å². The number of carbonyl (C=O) groups is 2. The molecule has 0 fully saturated rings. The summed E-state index contributed by atoms with van der Waals surface area (Å²) in [5.41, 5.74) is 2.38. The van der Waals surface area contributed by atoms with E-state index in [1.54, 1.807) is 17.9 Å². The number of amides is 2. The molecular formula is C21H24N2O3. The Morgan fingerprint density at radius 2 is 1.92 bits per heavy atom. The van der Waals surface area contributed by atoms with Gasteiger partial charge in [0.05, 0.1) is 12.1 Å². The molecular weight excluding hydrogens is 328 g/mol. The number of nitrogens with zero attached hydrogens (tertiary/aromatic N) is 1. The summed E-state index contributed by atoms with van der Waals surface area (Å²) in [7, 11) is 0. The summed E-state index contributed by atoms with van der Waals surface area (Å²) in [5, 5.41) is 2.90. The Bertz CT molecular complexity index is 802. The van der Waals surface area contributed by atoms with E-state index < -0.39 is 6.10 Å². The molecule has 1 aliphatic heterocycles. The summed E-state index contributed by atoms with van der Waals surface area (Å²) in [4.78, 5) is 26.4. The van der Waals surface area contributed by atoms with E-state index in [-0.39, 0.29) is 11.8 Å². The number of ether oxygens (including phenoxy) is 1. The summed E-state index contributed by atoms with van der Waals surface area (Å²) in [6.07, 6.45) is -0.218. The van der Waals surface area contributed by atoms with Crippen LogP contribution in [-0.4, -0.2) is 24.5 Å². The molecule has 5 heteroatoms. The van der Waals surface area contributed by atoms with E-state index in [9.17, 15) is 9.59 Å². The van der Waals surface area contributed by atoms with Gasteiger partial charge in [0.25, 0.3) is 5.91 Å². The molecule has 2 aromatic carbocycles. The Labute approximate surface area is 154 Å². The summed E-state index contributed by atoms with van der Waals surface area (Å²) in [5.74, 6) is 0.847. The fourth-order valence-electron chi connectivity index (χ4n) is 3.03. The summed E-state index contributed by atoms with van der Waals surface area (Å²) < 4.78 is 5.75. The SMILES string of the molecule is CC(C)CN1C(=O)C(C)Oc2cc(NC(=O)Cc3ccccc3)ccc21. The van der Waals surface area contributed by atoms with Crippen molar-refractivity contribution in [3.63, 3.8) is 0 Å². The van der Waals surface area contributed by atoms with Gasteiger partial charge in [0.1, 0.15) is 5.75 Å². The smallest absolute Gasteiger partial charge is 0.267 e. The van der Waals surface area contributed by atoms with Crippen LogP contribution in [0, 0.1) is 5.92 Å². The van der Waals surface area contributed by atoms with Crippen molar-refractivity contribution in [1.82, 2.24) is 0 Å². The van der Waals surface area contributed by atoms with E-state index in [1.165, 1.54) is 0 Å². The number of benzene rings is 2. The highest BCUT2D eigenvalue weighted by atomic mass is 16.5. The third-order valence-corrected chi connectivity index (χ3v) is 4.21. The van der Waals surface area contributed by atoms with Gasteiger partial charge in [0.15, 0.2) is 6.10 Å². The lowest BCUT2D eigenvalue weighted by Crippen LogP contribution is -2.46. The first-order valence-corrected chi connectivity index (χ1v) is 8.90. The molecule has 0 aliphatic carbocycles. The van der Waals surface area contributed by atoms with E-state index in [1.807, 2.05) is 42.5 Å². The first-order chi connectivity index (χ1) is 12.4. The first-order valence-electron chi connectivity index (χ1n) is 8.90. The van der Waals surface area contributed by atoms with Crippen molar-refractivity contribution in [2.45, 2.75) is 33.3 Å². The molecule has 136 valence electrons. The molecule has 1 aliphatic rings. The van der Waals surface area contributed by atoms with Gasteiger partial charge in [0, 0.05) is 18.3 Å². The second-order valence-corrected chi connectivity index (χ2v) is 7.00. The van der Waals surface area contributed by atoms with Gasteiger partial charge in [-0.3, -0.25) is 9.59 Å². The van der Waals surface area contributed by atoms with Gasteiger partial charge in [-0.2, -0.15) is 0 Å². The molecule has 1 N–H and O–H groups in total. The van der Waals surface area contributed by atoms with Gasteiger partial charge in [-0.05, 0) is 30.5 Å². The molecule has 2 amide bonds. The Hall–Kier alpha value is -2.82. The van der Waals surface area contributed by atoms with Gasteiger partial charge >= 0.3 is 0 Å². The third-order valence-electron chi connectivity index (χ3n) is 4.21. The van der Waals surface area contributed by atoms with Gasteiger partial charge < -0.3 is 15.0 Å². The van der Waals surface area contributed by atoms with Crippen molar-refractivity contribution in [3.8, 4) is 5.75 Å². The van der Waals surface area contributed by atoms with Crippen LogP contribution < -0.4 is 15.0 Å². The Balaban J connectivity index is 1.76. The summed E-state index contributed by atoms with van der Waals surface area (Å²) in [6, 6.07) is 15.0. The van der Waals surface area contributed by atoms with Gasteiger partial charge in [0.2, 0.25) is 5.91 Å². The van der Waals surface area contributed by atoms with Crippen molar-refractivity contribution < 1.29 is 14.3 Å². The van der Waals surface area contributed by atoms with Crippen molar-refractivity contribution in [2.24, 2.45) is 5.92 Å². The third kappa shape index (κ3) is 4.04.